The highest BCUT2D eigenvalue weighted by Crippen LogP contribution is 2.13. The number of rotatable bonds is 3. The van der Waals surface area contributed by atoms with Crippen LogP contribution in [0.5, 0.6) is 0 Å². The minimum atomic E-state index is -1.26. The van der Waals surface area contributed by atoms with E-state index in [2.05, 4.69) is 4.98 Å². The lowest BCUT2D eigenvalue weighted by atomic mass is 10.1. The van der Waals surface area contributed by atoms with Crippen LogP contribution in [-0.4, -0.2) is 27.1 Å². The molecule has 1 aromatic rings. The van der Waals surface area contributed by atoms with Crippen LogP contribution in [0, 0.1) is 0 Å². The molecule has 0 fully saturated rings. The van der Waals surface area contributed by atoms with Gasteiger partial charge in [0.05, 0.1) is 16.8 Å². The molecule has 1 heterocycles. The van der Waals surface area contributed by atoms with Crippen LogP contribution in [0.1, 0.15) is 33.3 Å². The third kappa shape index (κ3) is 1.71. The fraction of sp³-hybridized carbons (Fsp3) is 0.222. The van der Waals surface area contributed by atoms with Crippen LogP contribution in [0.2, 0.25) is 0 Å². The Bertz CT molecular complexity index is 386. The van der Waals surface area contributed by atoms with Gasteiger partial charge in [0.25, 0.3) is 0 Å². The fourth-order valence-corrected chi connectivity index (χ4v) is 1.19. The molecule has 0 saturated heterocycles. The van der Waals surface area contributed by atoms with Crippen LogP contribution in [0.3, 0.4) is 0 Å². The zero-order chi connectivity index (χ0) is 10.7. The average Bonchev–Trinajstić information content (AvgIpc) is 2.16. The molecule has 1 rings (SSSR count). The second kappa shape index (κ2) is 3.87. The smallest absolute Gasteiger partial charge is 0.338 e. The molecule has 0 radical (unpaired) electrons. The molecule has 0 saturated carbocycles. The lowest BCUT2D eigenvalue weighted by Crippen LogP contribution is -2.12. The lowest BCUT2D eigenvalue weighted by molar-refractivity contribution is 0.0650. The van der Waals surface area contributed by atoms with Crippen molar-refractivity contribution in [3.8, 4) is 0 Å². The van der Waals surface area contributed by atoms with Crippen LogP contribution in [0.4, 0.5) is 0 Å². The van der Waals surface area contributed by atoms with Crippen molar-refractivity contribution in [3.63, 3.8) is 0 Å². The molecule has 0 amide bonds. The molecular formula is C9H9NO4. The molecule has 0 aliphatic rings. The van der Waals surface area contributed by atoms with Crippen LogP contribution in [0.25, 0.3) is 0 Å². The van der Waals surface area contributed by atoms with Gasteiger partial charge in [0.1, 0.15) is 0 Å². The first-order valence-electron chi connectivity index (χ1n) is 4.02. The molecule has 0 spiro atoms. The van der Waals surface area contributed by atoms with Gasteiger partial charge in [0.2, 0.25) is 0 Å². The van der Waals surface area contributed by atoms with Gasteiger partial charge in [-0.1, -0.05) is 6.92 Å². The van der Waals surface area contributed by atoms with E-state index in [0.717, 1.165) is 0 Å². The van der Waals surface area contributed by atoms with Crippen molar-refractivity contribution in [3.05, 3.63) is 29.1 Å². The van der Waals surface area contributed by atoms with E-state index < -0.39 is 11.9 Å². The Morgan fingerprint density at radius 2 is 2.00 bits per heavy atom. The first-order valence-corrected chi connectivity index (χ1v) is 4.02. The Morgan fingerprint density at radius 3 is 2.43 bits per heavy atom. The number of aromatic carboxylic acids is 2. The maximum absolute atomic E-state index is 10.8. The molecule has 0 atom stereocenters. The number of hydrogen-bond donors (Lipinski definition) is 2. The molecule has 2 N–H and O–H groups in total. The van der Waals surface area contributed by atoms with E-state index in [1.54, 1.807) is 6.92 Å². The molecule has 74 valence electrons. The van der Waals surface area contributed by atoms with E-state index in [9.17, 15) is 9.59 Å². The third-order valence-electron chi connectivity index (χ3n) is 1.81. The molecule has 1 aromatic heterocycles. The predicted molar refractivity (Wildman–Crippen MR) is 47.5 cm³/mol. The minimum absolute atomic E-state index is 0.218. The highest BCUT2D eigenvalue weighted by atomic mass is 16.4. The molecule has 0 bridgehead atoms. The van der Waals surface area contributed by atoms with Gasteiger partial charge in [-0.25, -0.2) is 9.59 Å². The maximum atomic E-state index is 10.8. The second-order valence-electron chi connectivity index (χ2n) is 2.64. The molecule has 0 unspecified atom stereocenters. The molecule has 5 heteroatoms. The van der Waals surface area contributed by atoms with Crippen molar-refractivity contribution >= 4 is 11.9 Å². The van der Waals surface area contributed by atoms with Crippen molar-refractivity contribution in [1.29, 1.82) is 0 Å². The monoisotopic (exact) mass is 195 g/mol. The zero-order valence-electron chi connectivity index (χ0n) is 7.52. The van der Waals surface area contributed by atoms with E-state index in [1.807, 2.05) is 0 Å². The van der Waals surface area contributed by atoms with Gasteiger partial charge in [-0.15, -0.1) is 0 Å². The maximum Gasteiger partial charge on any atom is 0.338 e. The molecule has 0 aliphatic heterocycles. The number of pyridine rings is 1. The standard InChI is InChI=1S/C9H9NO4/c1-2-6-7(9(13)14)5(8(11)12)3-4-10-6/h3-4H,2H2,1H3,(H,11,12)(H,13,14). The van der Waals surface area contributed by atoms with E-state index in [1.165, 1.54) is 12.3 Å². The molecule has 0 aromatic carbocycles. The lowest BCUT2D eigenvalue weighted by Gasteiger charge is -2.05. The number of carbonyl (C=O) groups is 2. The molecule has 14 heavy (non-hydrogen) atoms. The van der Waals surface area contributed by atoms with E-state index in [0.29, 0.717) is 6.42 Å². The van der Waals surface area contributed by atoms with E-state index >= 15 is 0 Å². The Kier molecular flexibility index (Phi) is 2.81. The van der Waals surface area contributed by atoms with Gasteiger partial charge >= 0.3 is 11.9 Å². The van der Waals surface area contributed by atoms with Crippen LogP contribution >= 0.6 is 0 Å². The first kappa shape index (κ1) is 10.2. The number of nitrogens with zero attached hydrogens (tertiary/aromatic N) is 1. The van der Waals surface area contributed by atoms with Gasteiger partial charge in [-0.05, 0) is 12.5 Å². The Balaban J connectivity index is 3.43. The highest BCUT2D eigenvalue weighted by Gasteiger charge is 2.19. The van der Waals surface area contributed by atoms with Gasteiger partial charge < -0.3 is 10.2 Å². The second-order valence-corrected chi connectivity index (χ2v) is 2.64. The quantitative estimate of drug-likeness (QED) is 0.752. The predicted octanol–water partition coefficient (Wildman–Crippen LogP) is 1.04. The van der Waals surface area contributed by atoms with Crippen molar-refractivity contribution in [2.75, 3.05) is 0 Å². The third-order valence-corrected chi connectivity index (χ3v) is 1.81. The van der Waals surface area contributed by atoms with Gasteiger partial charge in [-0.2, -0.15) is 0 Å². The van der Waals surface area contributed by atoms with Gasteiger partial charge in [0.15, 0.2) is 0 Å². The summed E-state index contributed by atoms with van der Waals surface area (Å²) in [5.74, 6) is -2.51. The summed E-state index contributed by atoms with van der Waals surface area (Å²) in [5, 5.41) is 17.6. The summed E-state index contributed by atoms with van der Waals surface area (Å²) in [6.07, 6.45) is 1.69. The van der Waals surface area contributed by atoms with Crippen molar-refractivity contribution in [1.82, 2.24) is 4.98 Å². The zero-order valence-corrected chi connectivity index (χ0v) is 7.52. The van der Waals surface area contributed by atoms with Crippen molar-refractivity contribution < 1.29 is 19.8 Å². The summed E-state index contributed by atoms with van der Waals surface area (Å²) in [6.45, 7) is 1.72. The summed E-state index contributed by atoms with van der Waals surface area (Å²) in [4.78, 5) is 25.3. The summed E-state index contributed by atoms with van der Waals surface area (Å²) in [7, 11) is 0. The van der Waals surface area contributed by atoms with Crippen LogP contribution in [0.15, 0.2) is 12.3 Å². The van der Waals surface area contributed by atoms with E-state index in [-0.39, 0.29) is 16.8 Å². The van der Waals surface area contributed by atoms with Gasteiger partial charge in [0, 0.05) is 6.20 Å². The number of hydrogen-bond acceptors (Lipinski definition) is 3. The summed E-state index contributed by atoms with van der Waals surface area (Å²) in [6, 6.07) is 1.19. The molecular weight excluding hydrogens is 186 g/mol. The normalized spacial score (nSPS) is 9.79. The minimum Gasteiger partial charge on any atom is -0.478 e. The number of carboxylic acid groups (broad SMARTS) is 2. The van der Waals surface area contributed by atoms with Gasteiger partial charge in [-0.3, -0.25) is 4.98 Å². The topological polar surface area (TPSA) is 87.5 Å². The number of aryl methyl sites for hydroxylation is 1. The number of aromatic nitrogens is 1. The molecule has 0 aliphatic carbocycles. The van der Waals surface area contributed by atoms with Crippen LogP contribution < -0.4 is 0 Å². The van der Waals surface area contributed by atoms with Crippen molar-refractivity contribution in [2.24, 2.45) is 0 Å². The first-order chi connectivity index (χ1) is 6.57. The van der Waals surface area contributed by atoms with Crippen molar-refractivity contribution in [2.45, 2.75) is 13.3 Å². The fourth-order valence-electron chi connectivity index (χ4n) is 1.19. The molecule has 5 nitrogen and oxygen atoms in total. The number of carboxylic acids is 2. The SMILES string of the molecule is CCc1nccc(C(=O)O)c1C(=O)O. The summed E-state index contributed by atoms with van der Waals surface area (Å²) >= 11 is 0. The Labute approximate surface area is 80.0 Å². The Hall–Kier alpha value is -1.91. The van der Waals surface area contributed by atoms with E-state index in [4.69, 9.17) is 10.2 Å². The van der Waals surface area contributed by atoms with Crippen LogP contribution in [-0.2, 0) is 6.42 Å². The highest BCUT2D eigenvalue weighted by molar-refractivity contribution is 6.02. The average molecular weight is 195 g/mol. The Morgan fingerprint density at radius 1 is 1.36 bits per heavy atom. The summed E-state index contributed by atoms with van der Waals surface area (Å²) < 4.78 is 0. The largest absolute Gasteiger partial charge is 0.478 e. The summed E-state index contributed by atoms with van der Waals surface area (Å²) in [5.41, 5.74) is -0.149.